The molecule has 0 aliphatic carbocycles. The van der Waals surface area contributed by atoms with Gasteiger partial charge in [-0.2, -0.15) is 0 Å². The van der Waals surface area contributed by atoms with Crippen molar-refractivity contribution in [1.29, 1.82) is 0 Å². The van der Waals surface area contributed by atoms with Gasteiger partial charge < -0.3 is 15.2 Å². The SMILES string of the molecule is CCCCCCCOc1ccc(CC[C@](C)(CO)NC(=O)c2cc([N+](=O)[O-])cc([N+](=O)[O-])c2)cc1. The van der Waals surface area contributed by atoms with Crippen LogP contribution >= 0.6 is 0 Å². The van der Waals surface area contributed by atoms with Gasteiger partial charge in [0.2, 0.25) is 0 Å². The summed E-state index contributed by atoms with van der Waals surface area (Å²) in [6.45, 7) is 4.12. The highest BCUT2D eigenvalue weighted by Gasteiger charge is 2.28. The largest absolute Gasteiger partial charge is 0.494 e. The van der Waals surface area contributed by atoms with Crippen molar-refractivity contribution < 1.29 is 24.5 Å². The lowest BCUT2D eigenvalue weighted by molar-refractivity contribution is -0.394. The monoisotopic (exact) mass is 487 g/mol. The Hall–Kier alpha value is -3.53. The van der Waals surface area contributed by atoms with Gasteiger partial charge in [0.1, 0.15) is 5.75 Å². The second-order valence-corrected chi connectivity index (χ2v) is 8.83. The van der Waals surface area contributed by atoms with Crippen LogP contribution in [0.2, 0.25) is 0 Å². The minimum absolute atomic E-state index is 0.221. The zero-order valence-electron chi connectivity index (χ0n) is 20.2. The third-order valence-corrected chi connectivity index (χ3v) is 5.76. The van der Waals surface area contributed by atoms with E-state index >= 15 is 0 Å². The number of aliphatic hydroxyl groups is 1. The average molecular weight is 488 g/mol. The van der Waals surface area contributed by atoms with Crippen molar-refractivity contribution in [2.45, 2.75) is 64.3 Å². The van der Waals surface area contributed by atoms with Crippen molar-refractivity contribution in [3.63, 3.8) is 0 Å². The molecule has 2 rings (SSSR count). The highest BCUT2D eigenvalue weighted by Crippen LogP contribution is 2.24. The van der Waals surface area contributed by atoms with Crippen LogP contribution < -0.4 is 10.1 Å². The first kappa shape index (κ1) is 27.7. The molecular formula is C25H33N3O7. The van der Waals surface area contributed by atoms with E-state index in [1.165, 1.54) is 19.3 Å². The third-order valence-electron chi connectivity index (χ3n) is 5.76. The van der Waals surface area contributed by atoms with Crippen LogP contribution in [0.5, 0.6) is 5.75 Å². The number of nitro benzene ring substituents is 2. The fourth-order valence-corrected chi connectivity index (χ4v) is 3.53. The van der Waals surface area contributed by atoms with Gasteiger partial charge in [0.25, 0.3) is 17.3 Å². The number of nitrogens with one attached hydrogen (secondary N) is 1. The Labute approximate surface area is 204 Å². The number of nitro groups is 2. The number of amides is 1. The number of unbranched alkanes of at least 4 members (excludes halogenated alkanes) is 4. The van der Waals surface area contributed by atoms with Crippen LogP contribution in [-0.2, 0) is 6.42 Å². The number of carbonyl (C=O) groups is 1. The summed E-state index contributed by atoms with van der Waals surface area (Å²) in [5, 5.41) is 34.8. The minimum Gasteiger partial charge on any atom is -0.494 e. The minimum atomic E-state index is -1.04. The second kappa shape index (κ2) is 13.4. The maximum Gasteiger partial charge on any atom is 0.277 e. The lowest BCUT2D eigenvalue weighted by Gasteiger charge is -2.29. The number of hydrogen-bond donors (Lipinski definition) is 2. The summed E-state index contributed by atoms with van der Waals surface area (Å²) >= 11 is 0. The van der Waals surface area contributed by atoms with Crippen LogP contribution in [0.4, 0.5) is 11.4 Å². The molecule has 2 aromatic carbocycles. The maximum absolute atomic E-state index is 12.7. The van der Waals surface area contributed by atoms with Gasteiger partial charge in [0.15, 0.2) is 0 Å². The molecule has 2 N–H and O–H groups in total. The third kappa shape index (κ3) is 8.97. The van der Waals surface area contributed by atoms with Crippen LogP contribution in [-0.4, -0.2) is 39.6 Å². The van der Waals surface area contributed by atoms with E-state index in [0.717, 1.165) is 42.4 Å². The normalized spacial score (nSPS) is 12.5. The van der Waals surface area contributed by atoms with Gasteiger partial charge in [-0.1, -0.05) is 44.7 Å². The zero-order chi connectivity index (χ0) is 25.8. The molecular weight excluding hydrogens is 454 g/mol. The molecule has 0 radical (unpaired) electrons. The van der Waals surface area contributed by atoms with Crippen LogP contribution in [0.3, 0.4) is 0 Å². The molecule has 1 amide bonds. The van der Waals surface area contributed by atoms with Crippen molar-refractivity contribution in [3.05, 3.63) is 73.8 Å². The molecule has 0 heterocycles. The van der Waals surface area contributed by atoms with Gasteiger partial charge in [0, 0.05) is 12.1 Å². The topological polar surface area (TPSA) is 145 Å². The molecule has 0 unspecified atom stereocenters. The summed E-state index contributed by atoms with van der Waals surface area (Å²) in [6, 6.07) is 10.4. The van der Waals surface area contributed by atoms with Crippen LogP contribution in [0, 0.1) is 20.2 Å². The van der Waals surface area contributed by atoms with E-state index in [4.69, 9.17) is 4.74 Å². The van der Waals surface area contributed by atoms with E-state index in [0.29, 0.717) is 19.4 Å². The van der Waals surface area contributed by atoms with E-state index in [2.05, 4.69) is 12.2 Å². The van der Waals surface area contributed by atoms with Gasteiger partial charge >= 0.3 is 0 Å². The van der Waals surface area contributed by atoms with E-state index in [-0.39, 0.29) is 12.2 Å². The first-order chi connectivity index (χ1) is 16.7. The van der Waals surface area contributed by atoms with Crippen molar-refractivity contribution in [1.82, 2.24) is 5.32 Å². The number of ether oxygens (including phenoxy) is 1. The Bertz CT molecular complexity index is 978. The van der Waals surface area contributed by atoms with Gasteiger partial charge in [-0.05, 0) is 43.9 Å². The van der Waals surface area contributed by atoms with Crippen molar-refractivity contribution in [2.75, 3.05) is 13.2 Å². The predicted molar refractivity (Wildman–Crippen MR) is 132 cm³/mol. The molecule has 190 valence electrons. The van der Waals surface area contributed by atoms with Gasteiger partial charge in [0.05, 0.1) is 40.2 Å². The molecule has 0 saturated heterocycles. The highest BCUT2D eigenvalue weighted by molar-refractivity contribution is 5.96. The summed E-state index contributed by atoms with van der Waals surface area (Å²) in [5.74, 6) is 0.0470. The number of carbonyl (C=O) groups excluding carboxylic acids is 1. The lowest BCUT2D eigenvalue weighted by atomic mass is 9.93. The standard InChI is InChI=1S/C25H33N3O7/c1-3-4-5-6-7-14-35-23-10-8-19(9-11-23)12-13-25(2,18-29)26-24(30)20-15-21(27(31)32)17-22(16-20)28(33)34/h8-11,15-17,29H,3-7,12-14,18H2,1-2H3,(H,26,30)/t25-/m1/s1. The molecule has 35 heavy (non-hydrogen) atoms. The van der Waals surface area contributed by atoms with Gasteiger partial charge in [-0.3, -0.25) is 25.0 Å². The summed E-state index contributed by atoms with van der Waals surface area (Å²) < 4.78 is 5.77. The fraction of sp³-hybridized carbons (Fsp3) is 0.480. The molecule has 0 aromatic heterocycles. The molecule has 10 heteroatoms. The Balaban J connectivity index is 1.96. The number of non-ortho nitro benzene ring substituents is 2. The number of benzene rings is 2. The quantitative estimate of drug-likeness (QED) is 0.205. The number of aryl methyl sites for hydroxylation is 1. The molecule has 0 fully saturated rings. The first-order valence-corrected chi connectivity index (χ1v) is 11.8. The van der Waals surface area contributed by atoms with E-state index in [1.807, 2.05) is 24.3 Å². The Morgan fingerprint density at radius 1 is 1.00 bits per heavy atom. The van der Waals surface area contributed by atoms with Gasteiger partial charge in [-0.15, -0.1) is 0 Å². The highest BCUT2D eigenvalue weighted by atomic mass is 16.6. The predicted octanol–water partition coefficient (Wildman–Crippen LogP) is 4.97. The molecule has 0 bridgehead atoms. The summed E-state index contributed by atoms with van der Waals surface area (Å²) in [4.78, 5) is 33.3. The van der Waals surface area contributed by atoms with E-state index in [1.54, 1.807) is 6.92 Å². The van der Waals surface area contributed by atoms with Crippen LogP contribution in [0.25, 0.3) is 0 Å². The first-order valence-electron chi connectivity index (χ1n) is 11.8. The maximum atomic E-state index is 12.7. The van der Waals surface area contributed by atoms with E-state index < -0.39 is 32.7 Å². The van der Waals surface area contributed by atoms with E-state index in [9.17, 15) is 30.1 Å². The lowest BCUT2D eigenvalue weighted by Crippen LogP contribution is -2.49. The molecule has 0 aliphatic rings. The smallest absolute Gasteiger partial charge is 0.277 e. The number of aliphatic hydroxyl groups excluding tert-OH is 1. The number of rotatable bonds is 15. The Kier molecular flexibility index (Phi) is 10.6. The van der Waals surface area contributed by atoms with Gasteiger partial charge in [-0.25, -0.2) is 0 Å². The summed E-state index contributed by atoms with van der Waals surface area (Å²) in [7, 11) is 0. The van der Waals surface area contributed by atoms with Crippen LogP contribution in [0.15, 0.2) is 42.5 Å². The molecule has 2 aromatic rings. The average Bonchev–Trinajstić information content (AvgIpc) is 2.85. The zero-order valence-corrected chi connectivity index (χ0v) is 20.2. The van der Waals surface area contributed by atoms with Crippen LogP contribution in [0.1, 0.15) is 68.3 Å². The Morgan fingerprint density at radius 2 is 1.60 bits per heavy atom. The molecule has 0 spiro atoms. The molecule has 0 saturated carbocycles. The molecule has 0 aliphatic heterocycles. The fourth-order valence-electron chi connectivity index (χ4n) is 3.53. The number of nitrogens with zero attached hydrogens (tertiary/aromatic N) is 2. The van der Waals surface area contributed by atoms with Crippen molar-refractivity contribution in [3.8, 4) is 5.75 Å². The molecule has 10 nitrogen and oxygen atoms in total. The van der Waals surface area contributed by atoms with Crippen molar-refractivity contribution >= 4 is 17.3 Å². The second-order valence-electron chi connectivity index (χ2n) is 8.83. The number of hydrogen-bond acceptors (Lipinski definition) is 7. The Morgan fingerprint density at radius 3 is 2.14 bits per heavy atom. The molecule has 1 atom stereocenters. The summed E-state index contributed by atoms with van der Waals surface area (Å²) in [6.07, 6.45) is 6.77. The van der Waals surface area contributed by atoms with Crippen molar-refractivity contribution in [2.24, 2.45) is 0 Å². The summed E-state index contributed by atoms with van der Waals surface area (Å²) in [5.41, 5.74) is -1.39.